The minimum Gasteiger partial charge on any atom is -0.461 e. The lowest BCUT2D eigenvalue weighted by molar-refractivity contribution is -0.125. The highest BCUT2D eigenvalue weighted by atomic mass is 19.1. The maximum absolute atomic E-state index is 16.1. The number of anilines is 2. The Balaban J connectivity index is 1.41. The predicted octanol–water partition coefficient (Wildman–Crippen LogP) is 3.13. The van der Waals surface area contributed by atoms with Crippen LogP contribution in [-0.4, -0.2) is 93.2 Å². The zero-order chi connectivity index (χ0) is 28.9. The summed E-state index contributed by atoms with van der Waals surface area (Å²) < 4.78 is 51.2. The zero-order valence-electron chi connectivity index (χ0n) is 22.7. The Bertz CT molecular complexity index is 1520. The number of likely N-dealkylation sites (tertiary alicyclic amines) is 1. The maximum atomic E-state index is 16.1. The Morgan fingerprint density at radius 3 is 2.88 bits per heavy atom. The number of hydrogen-bond donors (Lipinski definition) is 1. The number of rotatable bonds is 7. The van der Waals surface area contributed by atoms with Crippen LogP contribution in [-0.2, 0) is 4.79 Å². The van der Waals surface area contributed by atoms with Gasteiger partial charge in [-0.15, -0.1) is 0 Å². The number of carbonyl (C=O) groups is 1. The molecule has 3 saturated heterocycles. The van der Waals surface area contributed by atoms with Gasteiger partial charge in [0.2, 0.25) is 5.91 Å². The summed E-state index contributed by atoms with van der Waals surface area (Å²) in [5.74, 6) is -1.50. The van der Waals surface area contributed by atoms with Crippen LogP contribution in [0, 0.1) is 11.6 Å². The largest absolute Gasteiger partial charge is 0.461 e. The summed E-state index contributed by atoms with van der Waals surface area (Å²) in [6, 6.07) is 2.15. The van der Waals surface area contributed by atoms with Gasteiger partial charge in [0, 0.05) is 45.3 Å². The Hall–Kier alpha value is -4.00. The highest BCUT2D eigenvalue weighted by Gasteiger charge is 2.49. The zero-order valence-corrected chi connectivity index (χ0v) is 22.7. The molecule has 3 aliphatic heterocycles. The molecule has 1 amide bonds. The molecule has 41 heavy (non-hydrogen) atoms. The van der Waals surface area contributed by atoms with Crippen LogP contribution in [0.5, 0.6) is 6.01 Å². The molecule has 13 heteroatoms. The van der Waals surface area contributed by atoms with Crippen molar-refractivity contribution in [2.24, 2.45) is 0 Å². The SMILES string of the molecule is C=CC(=O)N1CC[C@@H](N(C)c2nc(OC[C@@]34CCCN3C[C@H](F)C4)nc3c(F)c(-c4nc(N)ccc4F)ncc23)C1. The normalized spacial score (nSPS) is 24.1. The Labute approximate surface area is 235 Å². The van der Waals surface area contributed by atoms with Crippen LogP contribution >= 0.6 is 0 Å². The van der Waals surface area contributed by atoms with Gasteiger partial charge in [0.1, 0.15) is 41.3 Å². The van der Waals surface area contributed by atoms with E-state index in [-0.39, 0.29) is 52.7 Å². The summed E-state index contributed by atoms with van der Waals surface area (Å²) in [4.78, 5) is 35.0. The lowest BCUT2D eigenvalue weighted by atomic mass is 9.95. The van der Waals surface area contributed by atoms with Crippen LogP contribution in [0.3, 0.4) is 0 Å². The van der Waals surface area contributed by atoms with Crippen LogP contribution in [0.4, 0.5) is 24.8 Å². The van der Waals surface area contributed by atoms with Gasteiger partial charge in [-0.3, -0.25) is 14.7 Å². The van der Waals surface area contributed by atoms with Gasteiger partial charge < -0.3 is 20.3 Å². The number of likely N-dealkylation sites (N-methyl/N-ethyl adjacent to an activating group) is 1. The van der Waals surface area contributed by atoms with Crippen molar-refractivity contribution in [2.75, 3.05) is 50.5 Å². The van der Waals surface area contributed by atoms with E-state index >= 15 is 4.39 Å². The van der Waals surface area contributed by atoms with Gasteiger partial charge in [-0.1, -0.05) is 6.58 Å². The van der Waals surface area contributed by atoms with Crippen LogP contribution < -0.4 is 15.4 Å². The Morgan fingerprint density at radius 2 is 2.07 bits per heavy atom. The van der Waals surface area contributed by atoms with Crippen molar-refractivity contribution in [3.8, 4) is 17.4 Å². The number of nitrogens with two attached hydrogens (primary N) is 1. The topological polar surface area (TPSA) is 114 Å². The van der Waals surface area contributed by atoms with Gasteiger partial charge in [-0.05, 0) is 44.0 Å². The summed E-state index contributed by atoms with van der Waals surface area (Å²) in [6.07, 6.45) is 4.44. The quantitative estimate of drug-likeness (QED) is 0.430. The first-order valence-corrected chi connectivity index (χ1v) is 13.6. The average molecular weight is 569 g/mol. The number of pyridine rings is 2. The number of ether oxygens (including phenoxy) is 1. The molecule has 0 unspecified atom stereocenters. The molecule has 3 aliphatic rings. The molecule has 0 aromatic carbocycles. The molecule has 10 nitrogen and oxygen atoms in total. The smallest absolute Gasteiger partial charge is 0.319 e. The molecule has 0 aliphatic carbocycles. The molecular weight excluding hydrogens is 537 g/mol. The minimum atomic E-state index is -0.937. The summed E-state index contributed by atoms with van der Waals surface area (Å²) in [5, 5.41) is 0.282. The fourth-order valence-corrected chi connectivity index (χ4v) is 6.35. The van der Waals surface area contributed by atoms with Crippen molar-refractivity contribution in [1.82, 2.24) is 29.7 Å². The number of nitrogen functional groups attached to an aromatic ring is 1. The molecule has 6 heterocycles. The lowest BCUT2D eigenvalue weighted by Gasteiger charge is -2.31. The monoisotopic (exact) mass is 568 g/mol. The van der Waals surface area contributed by atoms with E-state index in [4.69, 9.17) is 10.5 Å². The highest BCUT2D eigenvalue weighted by molar-refractivity contribution is 5.92. The van der Waals surface area contributed by atoms with Crippen LogP contribution in [0.15, 0.2) is 31.0 Å². The van der Waals surface area contributed by atoms with Crippen molar-refractivity contribution in [3.05, 3.63) is 42.6 Å². The van der Waals surface area contributed by atoms with E-state index in [1.54, 1.807) is 11.9 Å². The number of hydrogen-bond acceptors (Lipinski definition) is 9. The first kappa shape index (κ1) is 27.2. The van der Waals surface area contributed by atoms with Gasteiger partial charge in [0.15, 0.2) is 11.6 Å². The fraction of sp³-hybridized carbons (Fsp3) is 0.464. The van der Waals surface area contributed by atoms with Crippen molar-refractivity contribution in [1.29, 1.82) is 0 Å². The summed E-state index contributed by atoms with van der Waals surface area (Å²) in [5.41, 5.74) is 4.46. The number of alkyl halides is 1. The third-order valence-electron chi connectivity index (χ3n) is 8.50. The van der Waals surface area contributed by atoms with Gasteiger partial charge in [-0.2, -0.15) is 9.97 Å². The summed E-state index contributed by atoms with van der Waals surface area (Å²) in [7, 11) is 1.80. The average Bonchev–Trinajstić information content (AvgIpc) is 3.67. The second-order valence-electron chi connectivity index (χ2n) is 11.0. The van der Waals surface area contributed by atoms with E-state index in [0.717, 1.165) is 25.5 Å². The van der Waals surface area contributed by atoms with E-state index in [2.05, 4.69) is 31.4 Å². The van der Waals surface area contributed by atoms with Crippen LogP contribution in [0.25, 0.3) is 22.3 Å². The second-order valence-corrected chi connectivity index (χ2v) is 11.0. The molecule has 0 spiro atoms. The molecule has 3 atom stereocenters. The second kappa shape index (κ2) is 10.4. The minimum absolute atomic E-state index is 0.0118. The Kier molecular flexibility index (Phi) is 6.92. The molecule has 3 fully saturated rings. The van der Waals surface area contributed by atoms with Gasteiger partial charge in [-0.25, -0.2) is 18.2 Å². The van der Waals surface area contributed by atoms with Crippen molar-refractivity contribution in [3.63, 3.8) is 0 Å². The van der Waals surface area contributed by atoms with Gasteiger partial charge in [0.25, 0.3) is 0 Å². The van der Waals surface area contributed by atoms with Crippen LogP contribution in [0.1, 0.15) is 25.7 Å². The molecule has 2 N–H and O–H groups in total. The van der Waals surface area contributed by atoms with E-state index in [0.29, 0.717) is 38.3 Å². The highest BCUT2D eigenvalue weighted by Crippen LogP contribution is 2.41. The van der Waals surface area contributed by atoms with Gasteiger partial charge in [0.05, 0.1) is 10.9 Å². The molecule has 0 bridgehead atoms. The summed E-state index contributed by atoms with van der Waals surface area (Å²) in [6.45, 7) is 5.82. The van der Waals surface area contributed by atoms with Gasteiger partial charge >= 0.3 is 6.01 Å². The molecule has 216 valence electrons. The molecule has 0 radical (unpaired) electrons. The molecule has 0 saturated carbocycles. The number of halogens is 3. The van der Waals surface area contributed by atoms with E-state index in [1.165, 1.54) is 18.3 Å². The third-order valence-corrected chi connectivity index (χ3v) is 8.50. The van der Waals surface area contributed by atoms with Crippen molar-refractivity contribution < 1.29 is 22.7 Å². The number of aromatic nitrogens is 4. The van der Waals surface area contributed by atoms with E-state index in [9.17, 15) is 13.6 Å². The predicted molar refractivity (Wildman–Crippen MR) is 147 cm³/mol. The Morgan fingerprint density at radius 1 is 1.24 bits per heavy atom. The van der Waals surface area contributed by atoms with Crippen molar-refractivity contribution in [2.45, 2.75) is 43.4 Å². The van der Waals surface area contributed by atoms with Crippen LogP contribution in [0.2, 0.25) is 0 Å². The maximum Gasteiger partial charge on any atom is 0.319 e. The standard InChI is InChI=1S/C28H31F3N8O2/c1-3-21(40)38-10-7-17(14-38)37(2)26-18-12-33-25(24-19(30)5-6-20(32)34-24)22(31)23(18)35-27(36-26)41-15-28-8-4-9-39(28)13-16(29)11-28/h3,5-6,12,16-17H,1,4,7-11,13-15H2,2H3,(H2,32,34)/t16-,17-,28+/m1/s1. The number of nitrogens with zero attached hydrogens (tertiary/aromatic N) is 7. The molecule has 3 aromatic rings. The fourth-order valence-electron chi connectivity index (χ4n) is 6.35. The lowest BCUT2D eigenvalue weighted by Crippen LogP contribution is -2.43. The number of carbonyl (C=O) groups excluding carboxylic acids is 1. The molecular formula is C28H31F3N8O2. The third kappa shape index (κ3) is 4.81. The number of fused-ring (bicyclic) bond motifs is 2. The molecule has 6 rings (SSSR count). The van der Waals surface area contributed by atoms with E-state index in [1.807, 2.05) is 4.90 Å². The number of amides is 1. The molecule has 3 aromatic heterocycles. The van der Waals surface area contributed by atoms with E-state index < -0.39 is 23.3 Å². The first-order chi connectivity index (χ1) is 19.7. The first-order valence-electron chi connectivity index (χ1n) is 13.6. The van der Waals surface area contributed by atoms with Crippen molar-refractivity contribution >= 4 is 28.4 Å². The summed E-state index contributed by atoms with van der Waals surface area (Å²) >= 11 is 0.